The summed E-state index contributed by atoms with van der Waals surface area (Å²) in [7, 11) is -3.42. The summed E-state index contributed by atoms with van der Waals surface area (Å²) < 4.78 is 32.6. The predicted molar refractivity (Wildman–Crippen MR) is 101 cm³/mol. The Hall–Kier alpha value is -1.64. The number of nitrogens with two attached hydrogens (primary N) is 1. The zero-order chi connectivity index (χ0) is 18.4. The maximum Gasteiger partial charge on any atom is 0.243 e. The second-order valence-corrected chi connectivity index (χ2v) is 8.77. The van der Waals surface area contributed by atoms with Crippen LogP contribution < -0.4 is 11.1 Å². The highest BCUT2D eigenvalue weighted by molar-refractivity contribution is 7.89. The van der Waals surface area contributed by atoms with Crippen LogP contribution in [0.5, 0.6) is 0 Å². The maximum atomic E-state index is 12.8. The molecule has 0 saturated carbocycles. The van der Waals surface area contributed by atoms with E-state index in [0.717, 1.165) is 44.3 Å². The molecule has 0 aliphatic carbocycles. The minimum atomic E-state index is -3.42. The summed E-state index contributed by atoms with van der Waals surface area (Å²) in [6, 6.07) is 6.97. The van der Waals surface area contributed by atoms with E-state index in [1.165, 1.54) is 0 Å². The van der Waals surface area contributed by atoms with E-state index in [9.17, 15) is 8.42 Å². The molecular formula is C18H28N4O3S. The van der Waals surface area contributed by atoms with E-state index in [1.54, 1.807) is 22.5 Å². The van der Waals surface area contributed by atoms with Crippen LogP contribution in [-0.2, 0) is 21.3 Å². The fraction of sp³-hybridized carbons (Fsp3) is 0.611. The number of hydrogen-bond donors (Lipinski definition) is 2. The van der Waals surface area contributed by atoms with Crippen LogP contribution in [0.2, 0.25) is 0 Å². The first-order chi connectivity index (χ1) is 12.6. The molecule has 1 atom stereocenters. The van der Waals surface area contributed by atoms with Crippen molar-refractivity contribution in [2.45, 2.75) is 49.6 Å². The number of piperidine rings is 1. The van der Waals surface area contributed by atoms with Gasteiger partial charge < -0.3 is 15.8 Å². The molecule has 2 aliphatic rings. The highest BCUT2D eigenvalue weighted by Gasteiger charge is 2.25. The largest absolute Gasteiger partial charge is 0.376 e. The van der Waals surface area contributed by atoms with Crippen LogP contribution in [0, 0.1) is 0 Å². The van der Waals surface area contributed by atoms with Crippen molar-refractivity contribution < 1.29 is 13.2 Å². The maximum absolute atomic E-state index is 12.8. The summed E-state index contributed by atoms with van der Waals surface area (Å²) in [5, 5.41) is 3.07. The molecule has 0 radical (unpaired) electrons. The summed E-state index contributed by atoms with van der Waals surface area (Å²) in [6.45, 7) is 3.00. The summed E-state index contributed by atoms with van der Waals surface area (Å²) in [4.78, 5) is 4.64. The molecule has 8 heteroatoms. The Morgan fingerprint density at radius 3 is 2.81 bits per heavy atom. The van der Waals surface area contributed by atoms with Crippen molar-refractivity contribution in [3.63, 3.8) is 0 Å². The molecule has 2 heterocycles. The van der Waals surface area contributed by atoms with Crippen molar-refractivity contribution in [2.75, 3.05) is 26.2 Å². The van der Waals surface area contributed by atoms with E-state index in [1.807, 2.05) is 6.07 Å². The zero-order valence-corrected chi connectivity index (χ0v) is 15.9. The van der Waals surface area contributed by atoms with Crippen molar-refractivity contribution in [1.82, 2.24) is 9.62 Å². The Balaban J connectivity index is 1.60. The first-order valence-corrected chi connectivity index (χ1v) is 10.7. The molecule has 0 aromatic heterocycles. The lowest BCUT2D eigenvalue weighted by atomic mass is 10.2. The number of nitrogens with one attached hydrogen (secondary N) is 1. The fourth-order valence-corrected chi connectivity index (χ4v) is 4.90. The monoisotopic (exact) mass is 380 g/mol. The van der Waals surface area contributed by atoms with Crippen molar-refractivity contribution in [1.29, 1.82) is 0 Å². The number of aliphatic imine (C=N–C) groups is 1. The van der Waals surface area contributed by atoms with E-state index >= 15 is 0 Å². The SMILES string of the molecule is NC(=NCc1cccc(S(=O)(=O)N2CCCCC2)c1)NCC1CCCO1. The Morgan fingerprint density at radius 1 is 1.27 bits per heavy atom. The molecule has 1 aromatic rings. The van der Waals surface area contributed by atoms with Gasteiger partial charge in [-0.3, -0.25) is 0 Å². The van der Waals surface area contributed by atoms with Gasteiger partial charge in [-0.25, -0.2) is 13.4 Å². The third-order valence-corrected chi connectivity index (χ3v) is 6.71. The molecule has 1 aromatic carbocycles. The lowest BCUT2D eigenvalue weighted by Gasteiger charge is -2.26. The zero-order valence-electron chi connectivity index (χ0n) is 15.1. The Kier molecular flexibility index (Phi) is 6.50. The molecule has 7 nitrogen and oxygen atoms in total. The summed E-state index contributed by atoms with van der Waals surface area (Å²) >= 11 is 0. The van der Waals surface area contributed by atoms with E-state index in [2.05, 4.69) is 10.3 Å². The van der Waals surface area contributed by atoms with Gasteiger partial charge in [0.05, 0.1) is 17.5 Å². The Bertz CT molecular complexity index is 724. The molecule has 3 rings (SSSR count). The molecule has 2 fully saturated rings. The predicted octanol–water partition coefficient (Wildman–Crippen LogP) is 1.44. The standard InChI is InChI=1S/C18H28N4O3S/c19-18(21-14-16-7-5-11-25-16)20-13-15-6-4-8-17(12-15)26(23,24)22-9-2-1-3-10-22/h4,6,8,12,16H,1-3,5,7,9-11,13-14H2,(H3,19,20,21). The van der Waals surface area contributed by atoms with Crippen molar-refractivity contribution >= 4 is 16.0 Å². The van der Waals surface area contributed by atoms with Crippen LogP contribution in [-0.4, -0.2) is 51.0 Å². The average Bonchev–Trinajstić information content (AvgIpc) is 3.19. The van der Waals surface area contributed by atoms with Crippen LogP contribution in [0.15, 0.2) is 34.2 Å². The first-order valence-electron chi connectivity index (χ1n) is 9.30. The van der Waals surface area contributed by atoms with Gasteiger partial charge >= 0.3 is 0 Å². The highest BCUT2D eigenvalue weighted by Crippen LogP contribution is 2.21. The Morgan fingerprint density at radius 2 is 2.08 bits per heavy atom. The lowest BCUT2D eigenvalue weighted by molar-refractivity contribution is 0.114. The second-order valence-electron chi connectivity index (χ2n) is 6.83. The minimum Gasteiger partial charge on any atom is -0.376 e. The van der Waals surface area contributed by atoms with Gasteiger partial charge in [0.25, 0.3) is 0 Å². The van der Waals surface area contributed by atoms with E-state index < -0.39 is 10.0 Å². The number of rotatable bonds is 6. The van der Waals surface area contributed by atoms with Gasteiger partial charge in [-0.2, -0.15) is 4.31 Å². The van der Waals surface area contributed by atoms with Gasteiger partial charge in [-0.05, 0) is 43.4 Å². The smallest absolute Gasteiger partial charge is 0.243 e. The van der Waals surface area contributed by atoms with Crippen LogP contribution in [0.1, 0.15) is 37.7 Å². The number of hydrogen-bond acceptors (Lipinski definition) is 4. The first kappa shape index (κ1) is 19.1. The molecule has 0 amide bonds. The van der Waals surface area contributed by atoms with Crippen LogP contribution in [0.25, 0.3) is 0 Å². The minimum absolute atomic E-state index is 0.196. The summed E-state index contributed by atoms with van der Waals surface area (Å²) in [5.74, 6) is 0.352. The van der Waals surface area contributed by atoms with Gasteiger partial charge in [-0.15, -0.1) is 0 Å². The van der Waals surface area contributed by atoms with Gasteiger partial charge in [0.1, 0.15) is 0 Å². The molecule has 26 heavy (non-hydrogen) atoms. The number of nitrogens with zero attached hydrogens (tertiary/aromatic N) is 2. The third-order valence-electron chi connectivity index (χ3n) is 4.82. The third kappa shape index (κ3) is 4.96. The van der Waals surface area contributed by atoms with Crippen molar-refractivity contribution in [2.24, 2.45) is 10.7 Å². The quantitative estimate of drug-likeness (QED) is 0.575. The van der Waals surface area contributed by atoms with Gasteiger partial charge in [0.15, 0.2) is 5.96 Å². The molecule has 3 N–H and O–H groups in total. The van der Waals surface area contributed by atoms with Crippen LogP contribution in [0.3, 0.4) is 0 Å². The fourth-order valence-electron chi connectivity index (χ4n) is 3.31. The molecule has 0 spiro atoms. The number of sulfonamides is 1. The molecule has 0 bridgehead atoms. The summed E-state index contributed by atoms with van der Waals surface area (Å²) in [5.41, 5.74) is 6.72. The highest BCUT2D eigenvalue weighted by atomic mass is 32.2. The lowest BCUT2D eigenvalue weighted by Crippen LogP contribution is -2.37. The van der Waals surface area contributed by atoms with E-state index in [4.69, 9.17) is 10.5 Å². The molecule has 1 unspecified atom stereocenters. The molecule has 2 saturated heterocycles. The van der Waals surface area contributed by atoms with Crippen LogP contribution >= 0.6 is 0 Å². The van der Waals surface area contributed by atoms with E-state index in [0.29, 0.717) is 37.0 Å². The molecule has 144 valence electrons. The number of guanidine groups is 1. The average molecular weight is 381 g/mol. The van der Waals surface area contributed by atoms with Crippen molar-refractivity contribution in [3.8, 4) is 0 Å². The summed E-state index contributed by atoms with van der Waals surface area (Å²) in [6.07, 6.45) is 5.27. The van der Waals surface area contributed by atoms with Crippen LogP contribution in [0.4, 0.5) is 0 Å². The molecular weight excluding hydrogens is 352 g/mol. The van der Waals surface area contributed by atoms with Gasteiger partial charge in [0, 0.05) is 26.2 Å². The van der Waals surface area contributed by atoms with E-state index in [-0.39, 0.29) is 6.10 Å². The molecule has 2 aliphatic heterocycles. The Labute approximate surface area is 155 Å². The van der Waals surface area contributed by atoms with Gasteiger partial charge in [-0.1, -0.05) is 18.6 Å². The van der Waals surface area contributed by atoms with Gasteiger partial charge in [0.2, 0.25) is 10.0 Å². The van der Waals surface area contributed by atoms with Crippen molar-refractivity contribution in [3.05, 3.63) is 29.8 Å². The number of ether oxygens (including phenoxy) is 1. The topological polar surface area (TPSA) is 97.0 Å². The number of benzene rings is 1. The second kappa shape index (κ2) is 8.83. The normalized spacial score (nSPS) is 22.5.